The Morgan fingerprint density at radius 3 is 2.67 bits per heavy atom. The molecule has 0 radical (unpaired) electrons. The maximum absolute atomic E-state index is 13.1. The molecule has 1 aliphatic carbocycles. The lowest BCUT2D eigenvalue weighted by atomic mass is 9.74. The smallest absolute Gasteiger partial charge is 0.319 e. The Balaban J connectivity index is 1.56. The van der Waals surface area contributed by atoms with Gasteiger partial charge >= 0.3 is 11.9 Å². The van der Waals surface area contributed by atoms with E-state index in [2.05, 4.69) is 27.4 Å². The number of hydrogen-bond donors (Lipinski definition) is 2. The number of carbonyl (C=O) groups excluding carboxylic acids is 2. The Labute approximate surface area is 179 Å². The van der Waals surface area contributed by atoms with Gasteiger partial charge in [-0.15, -0.1) is 0 Å². The van der Waals surface area contributed by atoms with Crippen LogP contribution in [0.1, 0.15) is 55.3 Å². The van der Waals surface area contributed by atoms with E-state index < -0.39 is 5.54 Å². The maximum atomic E-state index is 13.1. The zero-order chi connectivity index (χ0) is 20.9. The van der Waals surface area contributed by atoms with Crippen LogP contribution in [0, 0.1) is 0 Å². The van der Waals surface area contributed by atoms with Crippen LogP contribution in [0.25, 0.3) is 11.1 Å². The first-order valence-electron chi connectivity index (χ1n) is 10.7. The van der Waals surface area contributed by atoms with Crippen molar-refractivity contribution >= 4 is 40.3 Å². The van der Waals surface area contributed by atoms with E-state index >= 15 is 0 Å². The summed E-state index contributed by atoms with van der Waals surface area (Å²) in [5.41, 5.74) is 1.95. The number of likely N-dealkylation sites (N-methyl/N-ethyl adjacent to an activating group) is 1. The topological polar surface area (TPSA) is 90.7 Å². The minimum Gasteiger partial charge on any atom is -0.432 e. The van der Waals surface area contributed by atoms with Gasteiger partial charge in [-0.2, -0.15) is 0 Å². The van der Waals surface area contributed by atoms with Crippen molar-refractivity contribution < 1.29 is 14.0 Å². The van der Waals surface area contributed by atoms with Crippen LogP contribution in [0.15, 0.2) is 10.5 Å². The second kappa shape index (κ2) is 7.42. The number of nitrogens with zero attached hydrogens (tertiary/aromatic N) is 3. The number of aromatic nitrogens is 1. The molecule has 0 bridgehead atoms. The van der Waals surface area contributed by atoms with E-state index in [4.69, 9.17) is 16.0 Å². The lowest BCUT2D eigenvalue weighted by Gasteiger charge is -2.42. The Bertz CT molecular complexity index is 1010. The third-order valence-corrected chi connectivity index (χ3v) is 7.00. The summed E-state index contributed by atoms with van der Waals surface area (Å²) in [4.78, 5) is 34.0. The van der Waals surface area contributed by atoms with Gasteiger partial charge in [0.1, 0.15) is 5.52 Å². The molecular weight excluding hydrogens is 406 g/mol. The lowest BCUT2D eigenvalue weighted by Crippen LogP contribution is -2.52. The number of hydrogen-bond acceptors (Lipinski definition) is 5. The SMILES string of the molecule is CCN1CCN(C(=O)c2nc3cc(Cl)c4c(c3o2)C2(CCCCC2)NC(=O)N4)CC1. The van der Waals surface area contributed by atoms with Crippen LogP contribution in [-0.2, 0) is 5.54 Å². The van der Waals surface area contributed by atoms with Crippen LogP contribution in [0.2, 0.25) is 5.02 Å². The molecule has 1 saturated heterocycles. The van der Waals surface area contributed by atoms with Gasteiger partial charge in [0.25, 0.3) is 5.89 Å². The predicted octanol–water partition coefficient (Wildman–Crippen LogP) is 3.55. The molecule has 0 atom stereocenters. The molecule has 9 heteroatoms. The Kier molecular flexibility index (Phi) is 4.86. The molecule has 1 aromatic carbocycles. The number of oxazole rings is 1. The molecule has 8 nitrogen and oxygen atoms in total. The van der Waals surface area contributed by atoms with Crippen LogP contribution < -0.4 is 10.6 Å². The standard InChI is InChI=1S/C21H26ClN5O3/c1-2-26-8-10-27(11-9-26)19(28)18-23-14-12-13(22)16-15(17(14)30-18)21(25-20(29)24-16)6-4-3-5-7-21/h12H,2-11H2,1H3,(H2,24,25,29). The third kappa shape index (κ3) is 3.13. The van der Waals surface area contributed by atoms with Crippen molar-refractivity contribution in [1.29, 1.82) is 0 Å². The Morgan fingerprint density at radius 2 is 1.97 bits per heavy atom. The molecule has 1 spiro atoms. The molecule has 3 amide bonds. The fourth-order valence-corrected chi connectivity index (χ4v) is 5.31. The van der Waals surface area contributed by atoms with E-state index in [1.165, 1.54) is 0 Å². The summed E-state index contributed by atoms with van der Waals surface area (Å²) >= 11 is 6.53. The van der Waals surface area contributed by atoms with Gasteiger partial charge < -0.3 is 24.9 Å². The number of carbonyl (C=O) groups is 2. The first-order chi connectivity index (χ1) is 14.5. The van der Waals surface area contributed by atoms with Crippen molar-refractivity contribution in [2.45, 2.75) is 44.6 Å². The highest BCUT2D eigenvalue weighted by atomic mass is 35.5. The van der Waals surface area contributed by atoms with Crippen molar-refractivity contribution in [1.82, 2.24) is 20.1 Å². The number of nitrogens with one attached hydrogen (secondary N) is 2. The summed E-state index contributed by atoms with van der Waals surface area (Å²) in [6.45, 7) is 6.12. The minimum absolute atomic E-state index is 0.0854. The molecule has 0 unspecified atom stereocenters. The number of fused-ring (bicyclic) bond motifs is 4. The van der Waals surface area contributed by atoms with Crippen LogP contribution in [0.3, 0.4) is 0 Å². The van der Waals surface area contributed by atoms with E-state index in [1.54, 1.807) is 11.0 Å². The first-order valence-corrected chi connectivity index (χ1v) is 11.1. The number of amides is 3. The van der Waals surface area contributed by atoms with Crippen molar-refractivity contribution in [3.8, 4) is 0 Å². The molecule has 1 aromatic heterocycles. The summed E-state index contributed by atoms with van der Waals surface area (Å²) in [5.74, 6) is -0.111. The van der Waals surface area contributed by atoms with Crippen LogP contribution in [0.5, 0.6) is 0 Å². The molecule has 160 valence electrons. The van der Waals surface area contributed by atoms with Gasteiger partial charge in [0.2, 0.25) is 0 Å². The predicted molar refractivity (Wildman–Crippen MR) is 114 cm³/mol. The van der Waals surface area contributed by atoms with Crippen LogP contribution in [-0.4, -0.2) is 59.4 Å². The second-order valence-electron chi connectivity index (χ2n) is 8.42. The number of piperazine rings is 1. The van der Waals surface area contributed by atoms with Gasteiger partial charge in [0.05, 0.1) is 16.2 Å². The molecule has 1 saturated carbocycles. The second-order valence-corrected chi connectivity index (χ2v) is 8.83. The highest BCUT2D eigenvalue weighted by Crippen LogP contribution is 2.48. The van der Waals surface area contributed by atoms with E-state index in [-0.39, 0.29) is 17.8 Å². The number of halogens is 1. The van der Waals surface area contributed by atoms with Gasteiger partial charge in [0.15, 0.2) is 5.58 Å². The molecular formula is C21H26ClN5O3. The zero-order valence-corrected chi connectivity index (χ0v) is 17.8. The average Bonchev–Trinajstić information content (AvgIpc) is 3.17. The highest BCUT2D eigenvalue weighted by molar-refractivity contribution is 6.35. The molecule has 3 heterocycles. The molecule has 2 aliphatic heterocycles. The van der Waals surface area contributed by atoms with Crippen LogP contribution in [0.4, 0.5) is 10.5 Å². The third-order valence-electron chi connectivity index (χ3n) is 6.70. The summed E-state index contributed by atoms with van der Waals surface area (Å²) in [5, 5.41) is 6.38. The highest BCUT2D eigenvalue weighted by Gasteiger charge is 2.44. The van der Waals surface area contributed by atoms with E-state index in [1.807, 2.05) is 0 Å². The van der Waals surface area contributed by atoms with Crippen molar-refractivity contribution in [3.63, 3.8) is 0 Å². The number of benzene rings is 1. The van der Waals surface area contributed by atoms with Gasteiger partial charge in [-0.05, 0) is 25.5 Å². The van der Waals surface area contributed by atoms with E-state index in [0.717, 1.165) is 57.3 Å². The number of urea groups is 1. The maximum Gasteiger partial charge on any atom is 0.319 e. The van der Waals surface area contributed by atoms with E-state index in [9.17, 15) is 9.59 Å². The number of anilines is 1. The zero-order valence-electron chi connectivity index (χ0n) is 17.1. The monoisotopic (exact) mass is 431 g/mol. The quantitative estimate of drug-likeness (QED) is 0.758. The number of rotatable bonds is 2. The van der Waals surface area contributed by atoms with Crippen molar-refractivity contribution in [2.24, 2.45) is 0 Å². The fraction of sp³-hybridized carbons (Fsp3) is 0.571. The molecule has 30 heavy (non-hydrogen) atoms. The molecule has 2 aromatic rings. The molecule has 2 fully saturated rings. The fourth-order valence-electron chi connectivity index (χ4n) is 5.06. The summed E-state index contributed by atoms with van der Waals surface area (Å²) < 4.78 is 6.09. The Morgan fingerprint density at radius 1 is 1.23 bits per heavy atom. The van der Waals surface area contributed by atoms with Gasteiger partial charge in [-0.3, -0.25) is 4.79 Å². The van der Waals surface area contributed by atoms with Crippen LogP contribution >= 0.6 is 11.6 Å². The average molecular weight is 432 g/mol. The first kappa shape index (κ1) is 19.6. The summed E-state index contributed by atoms with van der Waals surface area (Å²) in [6.07, 6.45) is 4.77. The van der Waals surface area contributed by atoms with E-state index in [0.29, 0.717) is 34.9 Å². The molecule has 2 N–H and O–H groups in total. The lowest BCUT2D eigenvalue weighted by molar-refractivity contribution is 0.0606. The summed E-state index contributed by atoms with van der Waals surface area (Å²) in [6, 6.07) is 1.42. The Hall–Kier alpha value is -2.32. The van der Waals surface area contributed by atoms with Crippen molar-refractivity contribution in [2.75, 3.05) is 38.0 Å². The largest absolute Gasteiger partial charge is 0.432 e. The molecule has 5 rings (SSSR count). The van der Waals surface area contributed by atoms with Gasteiger partial charge in [0, 0.05) is 31.7 Å². The summed E-state index contributed by atoms with van der Waals surface area (Å²) in [7, 11) is 0. The molecule has 3 aliphatic rings. The van der Waals surface area contributed by atoms with Gasteiger partial charge in [-0.25, -0.2) is 9.78 Å². The minimum atomic E-state index is -0.536. The van der Waals surface area contributed by atoms with Gasteiger partial charge in [-0.1, -0.05) is 37.8 Å². The van der Waals surface area contributed by atoms with Crippen molar-refractivity contribution in [3.05, 3.63) is 22.5 Å². The normalized spacial score (nSPS) is 21.4.